The maximum atomic E-state index is 12.8. The number of Topliss-reactive ketones (excluding diaryl/α,β-unsaturated/α-hetero) is 1. The first-order valence-corrected chi connectivity index (χ1v) is 8.75. The van der Waals surface area contributed by atoms with Crippen LogP contribution in [0.15, 0.2) is 66.4 Å². The Morgan fingerprint density at radius 1 is 1.08 bits per heavy atom. The zero-order valence-corrected chi connectivity index (χ0v) is 15.6. The van der Waals surface area contributed by atoms with Gasteiger partial charge in [-0.05, 0) is 30.7 Å². The van der Waals surface area contributed by atoms with Gasteiger partial charge >= 0.3 is 0 Å². The second-order valence-electron chi connectivity index (χ2n) is 5.65. The lowest BCUT2D eigenvalue weighted by Crippen LogP contribution is -2.34. The molecule has 0 saturated heterocycles. The molecule has 0 unspecified atom stereocenters. The van der Waals surface area contributed by atoms with Gasteiger partial charge in [0.25, 0.3) is 5.91 Å². The third-order valence-corrected chi connectivity index (χ3v) is 4.02. The molecule has 0 aliphatic carbocycles. The summed E-state index contributed by atoms with van der Waals surface area (Å²) >= 11 is 6.12. The highest BCUT2D eigenvalue weighted by atomic mass is 35.5. The second-order valence-corrected chi connectivity index (χ2v) is 6.05. The number of para-hydroxylation sites is 1. The Kier molecular flexibility index (Phi) is 7.24. The molecule has 0 fully saturated rings. The molecule has 1 amide bonds. The van der Waals surface area contributed by atoms with Gasteiger partial charge in [-0.1, -0.05) is 48.9 Å². The standard InChI is InChI=1S/C20H22ClN3O2/c1-3-13-22-20(26)17(19(25)16-11-7-8-12-18(16)21)14-23-24(2)15-9-5-4-6-10-15/h4-12,14,23H,3,13H2,1-2H3,(H,22,26). The SMILES string of the molecule is CCCNC(=O)C(=CNN(C)c1ccccc1)C(=O)c1ccccc1Cl. The molecule has 0 atom stereocenters. The van der Waals surface area contributed by atoms with Crippen molar-refractivity contribution in [2.45, 2.75) is 13.3 Å². The summed E-state index contributed by atoms with van der Waals surface area (Å²) in [4.78, 5) is 25.3. The van der Waals surface area contributed by atoms with E-state index >= 15 is 0 Å². The summed E-state index contributed by atoms with van der Waals surface area (Å²) in [5.74, 6) is -0.871. The zero-order valence-electron chi connectivity index (χ0n) is 14.8. The average Bonchev–Trinajstić information content (AvgIpc) is 2.67. The molecule has 0 bridgehead atoms. The molecular weight excluding hydrogens is 350 g/mol. The predicted molar refractivity (Wildman–Crippen MR) is 105 cm³/mol. The third kappa shape index (κ3) is 5.10. The Bertz CT molecular complexity index is 791. The van der Waals surface area contributed by atoms with Crippen molar-refractivity contribution in [3.63, 3.8) is 0 Å². The lowest BCUT2D eigenvalue weighted by molar-refractivity contribution is -0.117. The minimum absolute atomic E-state index is 0.00525. The third-order valence-electron chi connectivity index (χ3n) is 3.69. The highest BCUT2D eigenvalue weighted by molar-refractivity contribution is 6.37. The normalized spacial score (nSPS) is 11.0. The van der Waals surface area contributed by atoms with Crippen molar-refractivity contribution in [3.05, 3.63) is 77.0 Å². The first kappa shape index (κ1) is 19.5. The Hall–Kier alpha value is -2.79. The number of benzene rings is 2. The minimum Gasteiger partial charge on any atom is -0.352 e. The second kappa shape index (κ2) is 9.63. The van der Waals surface area contributed by atoms with Crippen LogP contribution < -0.4 is 15.8 Å². The van der Waals surface area contributed by atoms with E-state index < -0.39 is 11.7 Å². The molecule has 136 valence electrons. The highest BCUT2D eigenvalue weighted by Crippen LogP contribution is 2.19. The van der Waals surface area contributed by atoms with Gasteiger partial charge in [0.2, 0.25) is 5.78 Å². The molecular formula is C20H22ClN3O2. The summed E-state index contributed by atoms with van der Waals surface area (Å²) in [5, 5.41) is 4.76. The van der Waals surface area contributed by atoms with Gasteiger partial charge in [-0.25, -0.2) is 0 Å². The average molecular weight is 372 g/mol. The molecule has 2 aromatic carbocycles. The molecule has 2 aromatic rings. The largest absolute Gasteiger partial charge is 0.352 e. The molecule has 2 N–H and O–H groups in total. The van der Waals surface area contributed by atoms with Crippen LogP contribution in [-0.2, 0) is 4.79 Å². The number of hydrazine groups is 1. The van der Waals surface area contributed by atoms with Crippen molar-refractivity contribution in [2.75, 3.05) is 18.6 Å². The van der Waals surface area contributed by atoms with Crippen LogP contribution in [0.1, 0.15) is 23.7 Å². The van der Waals surface area contributed by atoms with E-state index in [4.69, 9.17) is 11.6 Å². The number of amides is 1. The molecule has 26 heavy (non-hydrogen) atoms. The van der Waals surface area contributed by atoms with Crippen molar-refractivity contribution in [2.24, 2.45) is 0 Å². The van der Waals surface area contributed by atoms with Gasteiger partial charge in [0.05, 0.1) is 10.7 Å². The fourth-order valence-electron chi connectivity index (χ4n) is 2.25. The topological polar surface area (TPSA) is 61.4 Å². The molecule has 0 radical (unpaired) electrons. The van der Waals surface area contributed by atoms with Crippen molar-refractivity contribution in [3.8, 4) is 0 Å². The number of hydrogen-bond donors (Lipinski definition) is 2. The van der Waals surface area contributed by atoms with Crippen LogP contribution in [0.2, 0.25) is 5.02 Å². The first-order chi connectivity index (χ1) is 12.5. The zero-order chi connectivity index (χ0) is 18.9. The van der Waals surface area contributed by atoms with Crippen LogP contribution in [0.3, 0.4) is 0 Å². The van der Waals surface area contributed by atoms with Gasteiger partial charge in [0.1, 0.15) is 5.57 Å². The quantitative estimate of drug-likeness (QED) is 0.245. The van der Waals surface area contributed by atoms with Gasteiger partial charge in [0.15, 0.2) is 0 Å². The summed E-state index contributed by atoms with van der Waals surface area (Å²) in [6, 6.07) is 16.2. The van der Waals surface area contributed by atoms with Crippen LogP contribution in [0, 0.1) is 0 Å². The fraction of sp³-hybridized carbons (Fsp3) is 0.200. The monoisotopic (exact) mass is 371 g/mol. The maximum Gasteiger partial charge on any atom is 0.256 e. The summed E-state index contributed by atoms with van der Waals surface area (Å²) in [6.07, 6.45) is 2.18. The Morgan fingerprint density at radius 3 is 2.38 bits per heavy atom. The number of hydrogen-bond acceptors (Lipinski definition) is 4. The van der Waals surface area contributed by atoms with Gasteiger partial charge < -0.3 is 10.7 Å². The minimum atomic E-state index is -0.439. The fourth-order valence-corrected chi connectivity index (χ4v) is 2.47. The number of rotatable bonds is 8. The van der Waals surface area contributed by atoms with Crippen molar-refractivity contribution in [1.29, 1.82) is 0 Å². The van der Waals surface area contributed by atoms with E-state index in [1.807, 2.05) is 37.3 Å². The number of ketones is 1. The lowest BCUT2D eigenvalue weighted by Gasteiger charge is -2.20. The number of carbonyl (C=O) groups is 2. The van der Waals surface area contributed by atoms with Gasteiger partial charge in [-0.15, -0.1) is 0 Å². The number of nitrogens with zero attached hydrogens (tertiary/aromatic N) is 1. The van der Waals surface area contributed by atoms with Crippen LogP contribution in [0.4, 0.5) is 5.69 Å². The summed E-state index contributed by atoms with van der Waals surface area (Å²) in [7, 11) is 1.80. The van der Waals surface area contributed by atoms with Crippen LogP contribution in [-0.4, -0.2) is 25.3 Å². The van der Waals surface area contributed by atoms with Crippen molar-refractivity contribution in [1.82, 2.24) is 10.7 Å². The molecule has 0 spiro atoms. The molecule has 0 saturated carbocycles. The van der Waals surface area contributed by atoms with E-state index in [-0.39, 0.29) is 11.1 Å². The maximum absolute atomic E-state index is 12.8. The van der Waals surface area contributed by atoms with E-state index in [2.05, 4.69) is 10.7 Å². The van der Waals surface area contributed by atoms with E-state index in [9.17, 15) is 9.59 Å². The van der Waals surface area contributed by atoms with Crippen LogP contribution in [0.25, 0.3) is 0 Å². The molecule has 0 aromatic heterocycles. The molecule has 2 rings (SSSR count). The highest BCUT2D eigenvalue weighted by Gasteiger charge is 2.21. The molecule has 5 nitrogen and oxygen atoms in total. The first-order valence-electron chi connectivity index (χ1n) is 8.37. The van der Waals surface area contributed by atoms with Crippen LogP contribution >= 0.6 is 11.6 Å². The number of carbonyl (C=O) groups excluding carboxylic acids is 2. The van der Waals surface area contributed by atoms with E-state index in [1.165, 1.54) is 6.20 Å². The number of halogens is 1. The molecule has 0 aliphatic rings. The summed E-state index contributed by atoms with van der Waals surface area (Å²) in [5.41, 5.74) is 4.15. The molecule has 0 heterocycles. The smallest absolute Gasteiger partial charge is 0.256 e. The summed E-state index contributed by atoms with van der Waals surface area (Å²) < 4.78 is 0. The van der Waals surface area contributed by atoms with Crippen molar-refractivity contribution >= 4 is 29.0 Å². The Morgan fingerprint density at radius 2 is 1.73 bits per heavy atom. The molecule has 0 aliphatic heterocycles. The van der Waals surface area contributed by atoms with Crippen LogP contribution in [0.5, 0.6) is 0 Å². The van der Waals surface area contributed by atoms with E-state index in [0.717, 1.165) is 12.1 Å². The van der Waals surface area contributed by atoms with Crippen molar-refractivity contribution < 1.29 is 9.59 Å². The van der Waals surface area contributed by atoms with E-state index in [1.54, 1.807) is 36.3 Å². The number of nitrogens with one attached hydrogen (secondary N) is 2. The van der Waals surface area contributed by atoms with Gasteiger partial charge in [-0.3, -0.25) is 14.6 Å². The Balaban J connectivity index is 2.27. The Labute approximate surface area is 158 Å². The lowest BCUT2D eigenvalue weighted by atomic mass is 10.0. The van der Waals surface area contributed by atoms with Gasteiger partial charge in [-0.2, -0.15) is 0 Å². The van der Waals surface area contributed by atoms with Gasteiger partial charge in [0, 0.05) is 25.4 Å². The summed E-state index contributed by atoms with van der Waals surface area (Å²) in [6.45, 7) is 2.43. The van der Waals surface area contributed by atoms with E-state index in [0.29, 0.717) is 11.6 Å². The number of anilines is 1. The molecule has 6 heteroatoms. The predicted octanol–water partition coefficient (Wildman–Crippen LogP) is 3.57.